The lowest BCUT2D eigenvalue weighted by Crippen LogP contribution is -2.19. The first-order chi connectivity index (χ1) is 8.29. The largest absolute Gasteiger partial charge is 0.324 e. The number of rotatable bonds is 4. The number of carbonyl (C=O) groups is 1. The molecular formula is C11H13N5O. The van der Waals surface area contributed by atoms with E-state index in [1.54, 1.807) is 0 Å². The average Bonchev–Trinajstić information content (AvgIpc) is 2.82. The Labute approximate surface area is 98.6 Å². The van der Waals surface area contributed by atoms with Gasteiger partial charge in [0.15, 0.2) is 0 Å². The number of tetrazole rings is 1. The highest BCUT2D eigenvalue weighted by Crippen LogP contribution is 2.15. The molecule has 0 saturated carbocycles. The fourth-order valence-corrected chi connectivity index (χ4v) is 1.54. The second kappa shape index (κ2) is 5.20. The first-order valence-corrected chi connectivity index (χ1v) is 5.38. The van der Waals surface area contributed by atoms with E-state index in [9.17, 15) is 4.79 Å². The normalized spacial score (nSPS) is 10.2. The molecule has 1 aromatic carbocycles. The highest BCUT2D eigenvalue weighted by Gasteiger charge is 2.06. The van der Waals surface area contributed by atoms with Gasteiger partial charge < -0.3 is 5.32 Å². The minimum atomic E-state index is -0.141. The zero-order chi connectivity index (χ0) is 12.1. The van der Waals surface area contributed by atoms with Crippen molar-refractivity contribution in [3.05, 3.63) is 36.2 Å². The molecule has 17 heavy (non-hydrogen) atoms. The number of aromatic nitrogens is 4. The van der Waals surface area contributed by atoms with Crippen LogP contribution in [0.5, 0.6) is 0 Å². The Morgan fingerprint density at radius 3 is 2.94 bits per heavy atom. The number of carbonyl (C=O) groups excluding carboxylic acids is 1. The van der Waals surface area contributed by atoms with Gasteiger partial charge in [-0.3, -0.25) is 4.79 Å². The molecule has 0 radical (unpaired) electrons. The van der Waals surface area contributed by atoms with Gasteiger partial charge in [0, 0.05) is 5.69 Å². The van der Waals surface area contributed by atoms with Crippen LogP contribution in [0.4, 0.5) is 5.69 Å². The Hall–Kier alpha value is -2.24. The molecule has 0 aliphatic heterocycles. The number of amides is 1. The standard InChI is InChI=1S/C11H13N5O/c1-2-9-5-3-4-6-10(9)13-11(17)7-16-8-12-14-15-16/h3-6,8H,2,7H2,1H3,(H,13,17). The number of benzene rings is 1. The van der Waals surface area contributed by atoms with E-state index in [1.165, 1.54) is 11.0 Å². The van der Waals surface area contributed by atoms with Crippen molar-refractivity contribution in [3.8, 4) is 0 Å². The van der Waals surface area contributed by atoms with Crippen molar-refractivity contribution < 1.29 is 4.79 Å². The molecule has 0 fully saturated rings. The summed E-state index contributed by atoms with van der Waals surface area (Å²) in [6.07, 6.45) is 2.28. The van der Waals surface area contributed by atoms with Gasteiger partial charge in [0.2, 0.25) is 5.91 Å². The van der Waals surface area contributed by atoms with Crippen LogP contribution < -0.4 is 5.32 Å². The first kappa shape index (κ1) is 11.3. The van der Waals surface area contributed by atoms with Crippen LogP contribution in [0, 0.1) is 0 Å². The molecule has 6 nitrogen and oxygen atoms in total. The Kier molecular flexibility index (Phi) is 3.44. The van der Waals surface area contributed by atoms with Crippen molar-refractivity contribution in [1.29, 1.82) is 0 Å². The molecule has 0 aliphatic rings. The number of anilines is 1. The van der Waals surface area contributed by atoms with Crippen LogP contribution in [-0.2, 0) is 17.8 Å². The van der Waals surface area contributed by atoms with E-state index in [0.29, 0.717) is 0 Å². The summed E-state index contributed by atoms with van der Waals surface area (Å²) in [5, 5.41) is 13.4. The molecule has 6 heteroatoms. The Balaban J connectivity index is 2.03. The molecule has 1 amide bonds. The minimum absolute atomic E-state index is 0.116. The van der Waals surface area contributed by atoms with Gasteiger partial charge in [-0.2, -0.15) is 0 Å². The van der Waals surface area contributed by atoms with Crippen molar-refractivity contribution in [2.75, 3.05) is 5.32 Å². The molecule has 0 unspecified atom stereocenters. The van der Waals surface area contributed by atoms with E-state index >= 15 is 0 Å². The van der Waals surface area contributed by atoms with E-state index in [-0.39, 0.29) is 12.5 Å². The Bertz CT molecular complexity index is 494. The maximum atomic E-state index is 11.7. The summed E-state index contributed by atoms with van der Waals surface area (Å²) in [6.45, 7) is 2.16. The summed E-state index contributed by atoms with van der Waals surface area (Å²) in [5.74, 6) is -0.141. The van der Waals surface area contributed by atoms with Crippen LogP contribution in [0.25, 0.3) is 0 Å². The topological polar surface area (TPSA) is 72.7 Å². The minimum Gasteiger partial charge on any atom is -0.324 e. The predicted molar refractivity (Wildman–Crippen MR) is 62.3 cm³/mol. The number of hydrogen-bond donors (Lipinski definition) is 1. The van der Waals surface area contributed by atoms with Gasteiger partial charge in [0.25, 0.3) is 0 Å². The summed E-state index contributed by atoms with van der Waals surface area (Å²) in [6, 6.07) is 7.73. The molecule has 2 rings (SSSR count). The van der Waals surface area contributed by atoms with Crippen LogP contribution in [0.2, 0.25) is 0 Å². The van der Waals surface area contributed by atoms with E-state index in [4.69, 9.17) is 0 Å². The number of nitrogens with zero attached hydrogens (tertiary/aromatic N) is 4. The second-order valence-electron chi connectivity index (χ2n) is 3.57. The third kappa shape index (κ3) is 2.87. The molecule has 1 N–H and O–H groups in total. The van der Waals surface area contributed by atoms with Crippen molar-refractivity contribution in [2.24, 2.45) is 0 Å². The van der Waals surface area contributed by atoms with Crippen LogP contribution in [0.15, 0.2) is 30.6 Å². The highest BCUT2D eigenvalue weighted by molar-refractivity contribution is 5.91. The maximum absolute atomic E-state index is 11.7. The number of hydrogen-bond acceptors (Lipinski definition) is 4. The molecule has 0 atom stereocenters. The quantitative estimate of drug-likeness (QED) is 0.847. The number of aryl methyl sites for hydroxylation is 1. The molecule has 0 spiro atoms. The summed E-state index contributed by atoms with van der Waals surface area (Å²) in [5.41, 5.74) is 1.95. The van der Waals surface area contributed by atoms with Crippen LogP contribution in [-0.4, -0.2) is 26.1 Å². The van der Waals surface area contributed by atoms with E-state index < -0.39 is 0 Å². The van der Waals surface area contributed by atoms with Crippen LogP contribution in [0.3, 0.4) is 0 Å². The van der Waals surface area contributed by atoms with Gasteiger partial charge in [0.1, 0.15) is 12.9 Å². The maximum Gasteiger partial charge on any atom is 0.246 e. The molecular weight excluding hydrogens is 218 g/mol. The summed E-state index contributed by atoms with van der Waals surface area (Å²) >= 11 is 0. The summed E-state index contributed by atoms with van der Waals surface area (Å²) in [7, 11) is 0. The highest BCUT2D eigenvalue weighted by atomic mass is 16.2. The van der Waals surface area contributed by atoms with Gasteiger partial charge in [-0.1, -0.05) is 25.1 Å². The van der Waals surface area contributed by atoms with Gasteiger partial charge in [-0.15, -0.1) is 5.10 Å². The van der Waals surface area contributed by atoms with Crippen molar-refractivity contribution in [1.82, 2.24) is 20.2 Å². The monoisotopic (exact) mass is 231 g/mol. The lowest BCUT2D eigenvalue weighted by atomic mass is 10.1. The third-order valence-corrected chi connectivity index (χ3v) is 2.37. The molecule has 0 bridgehead atoms. The van der Waals surface area contributed by atoms with Gasteiger partial charge in [-0.25, -0.2) is 4.68 Å². The van der Waals surface area contributed by atoms with Crippen molar-refractivity contribution in [2.45, 2.75) is 19.9 Å². The zero-order valence-corrected chi connectivity index (χ0v) is 9.50. The average molecular weight is 231 g/mol. The summed E-state index contributed by atoms with van der Waals surface area (Å²) < 4.78 is 1.38. The lowest BCUT2D eigenvalue weighted by molar-refractivity contribution is -0.116. The molecule has 0 aliphatic carbocycles. The second-order valence-corrected chi connectivity index (χ2v) is 3.57. The third-order valence-electron chi connectivity index (χ3n) is 2.37. The predicted octanol–water partition coefficient (Wildman–Crippen LogP) is 0.874. The van der Waals surface area contributed by atoms with E-state index in [1.807, 2.05) is 31.2 Å². The van der Waals surface area contributed by atoms with Gasteiger partial charge in [-0.05, 0) is 28.5 Å². The smallest absolute Gasteiger partial charge is 0.246 e. The molecule has 1 aromatic heterocycles. The molecule has 88 valence electrons. The SMILES string of the molecule is CCc1ccccc1NC(=O)Cn1cnnn1. The van der Waals surface area contributed by atoms with Crippen LogP contribution in [0.1, 0.15) is 12.5 Å². The lowest BCUT2D eigenvalue weighted by Gasteiger charge is -2.08. The number of nitrogens with one attached hydrogen (secondary N) is 1. The summed E-state index contributed by atoms with van der Waals surface area (Å²) in [4.78, 5) is 11.7. The van der Waals surface area contributed by atoms with Crippen molar-refractivity contribution in [3.63, 3.8) is 0 Å². The Morgan fingerprint density at radius 2 is 2.24 bits per heavy atom. The fourth-order valence-electron chi connectivity index (χ4n) is 1.54. The zero-order valence-electron chi connectivity index (χ0n) is 9.50. The molecule has 1 heterocycles. The molecule has 2 aromatic rings. The van der Waals surface area contributed by atoms with E-state index in [0.717, 1.165) is 17.7 Å². The molecule has 0 saturated heterocycles. The fraction of sp³-hybridized carbons (Fsp3) is 0.273. The van der Waals surface area contributed by atoms with Gasteiger partial charge >= 0.3 is 0 Å². The van der Waals surface area contributed by atoms with Crippen molar-refractivity contribution >= 4 is 11.6 Å². The first-order valence-electron chi connectivity index (χ1n) is 5.38. The number of para-hydroxylation sites is 1. The van der Waals surface area contributed by atoms with Gasteiger partial charge in [0.05, 0.1) is 0 Å². The van der Waals surface area contributed by atoms with E-state index in [2.05, 4.69) is 20.8 Å². The van der Waals surface area contributed by atoms with Crippen LogP contribution >= 0.6 is 0 Å². The Morgan fingerprint density at radius 1 is 1.41 bits per heavy atom.